The van der Waals surface area contributed by atoms with Crippen LogP contribution in [-0.4, -0.2) is 50.1 Å². The van der Waals surface area contributed by atoms with Crippen LogP contribution >= 0.6 is 0 Å². The maximum absolute atomic E-state index is 12.0. The zero-order valence-electron chi connectivity index (χ0n) is 14.2. The Bertz CT molecular complexity index is 573. The van der Waals surface area contributed by atoms with Crippen molar-refractivity contribution in [1.82, 2.24) is 10.2 Å². The first kappa shape index (κ1) is 18.7. The van der Waals surface area contributed by atoms with Crippen LogP contribution in [0.3, 0.4) is 0 Å². The maximum Gasteiger partial charge on any atom is 0.319 e. The van der Waals surface area contributed by atoms with E-state index in [0.717, 1.165) is 6.54 Å². The van der Waals surface area contributed by atoms with Gasteiger partial charge < -0.3 is 20.3 Å². The normalized spacial score (nSPS) is 11.2. The highest BCUT2D eigenvalue weighted by Gasteiger charge is 2.21. The third-order valence-corrected chi connectivity index (χ3v) is 3.12. The Morgan fingerprint density at radius 1 is 1.39 bits per heavy atom. The van der Waals surface area contributed by atoms with Gasteiger partial charge in [-0.3, -0.25) is 10.1 Å². The number of urea groups is 1. The molecule has 1 aromatic rings. The van der Waals surface area contributed by atoms with Crippen molar-refractivity contribution >= 4 is 17.4 Å². The first-order valence-electron chi connectivity index (χ1n) is 7.16. The second kappa shape index (κ2) is 7.77. The number of hydrogen-bond acceptors (Lipinski definition) is 5. The molecule has 0 aliphatic heterocycles. The van der Waals surface area contributed by atoms with E-state index in [1.807, 2.05) is 32.8 Å². The van der Waals surface area contributed by atoms with E-state index in [2.05, 4.69) is 10.6 Å². The largest absolute Gasteiger partial charge is 0.496 e. The Labute approximate surface area is 136 Å². The van der Waals surface area contributed by atoms with E-state index in [1.54, 1.807) is 6.07 Å². The summed E-state index contributed by atoms with van der Waals surface area (Å²) in [7, 11) is 5.34. The number of rotatable bonds is 7. The first-order chi connectivity index (χ1) is 10.6. The van der Waals surface area contributed by atoms with Crippen LogP contribution in [0, 0.1) is 15.5 Å². The van der Waals surface area contributed by atoms with Crippen molar-refractivity contribution in [1.29, 1.82) is 0 Å². The fraction of sp³-hybridized carbons (Fsp3) is 0.533. The molecule has 128 valence electrons. The van der Waals surface area contributed by atoms with Gasteiger partial charge in [-0.15, -0.1) is 0 Å². The average Bonchev–Trinajstić information content (AvgIpc) is 2.44. The second-order valence-corrected chi connectivity index (χ2v) is 6.35. The van der Waals surface area contributed by atoms with E-state index in [0.29, 0.717) is 12.3 Å². The van der Waals surface area contributed by atoms with Crippen LogP contribution in [0.5, 0.6) is 5.75 Å². The van der Waals surface area contributed by atoms with Crippen molar-refractivity contribution in [2.75, 3.05) is 39.6 Å². The summed E-state index contributed by atoms with van der Waals surface area (Å²) >= 11 is 0. The van der Waals surface area contributed by atoms with Gasteiger partial charge in [0.15, 0.2) is 0 Å². The lowest BCUT2D eigenvalue weighted by Crippen LogP contribution is -2.41. The van der Waals surface area contributed by atoms with E-state index in [9.17, 15) is 14.9 Å². The topological polar surface area (TPSA) is 96.7 Å². The highest BCUT2D eigenvalue weighted by molar-refractivity contribution is 5.92. The van der Waals surface area contributed by atoms with E-state index in [-0.39, 0.29) is 16.8 Å². The van der Waals surface area contributed by atoms with E-state index < -0.39 is 11.0 Å². The molecule has 1 aromatic carbocycles. The summed E-state index contributed by atoms with van der Waals surface area (Å²) in [4.78, 5) is 24.5. The summed E-state index contributed by atoms with van der Waals surface area (Å²) in [6.07, 6.45) is 0. The van der Waals surface area contributed by atoms with Gasteiger partial charge in [0.1, 0.15) is 11.4 Å². The summed E-state index contributed by atoms with van der Waals surface area (Å²) in [6, 6.07) is 3.79. The zero-order chi connectivity index (χ0) is 17.6. The van der Waals surface area contributed by atoms with Crippen LogP contribution in [0.1, 0.15) is 13.8 Å². The van der Waals surface area contributed by atoms with Crippen molar-refractivity contribution in [3.63, 3.8) is 0 Å². The number of hydrogen-bond donors (Lipinski definition) is 2. The summed E-state index contributed by atoms with van der Waals surface area (Å²) in [5.74, 6) is 0.356. The van der Waals surface area contributed by atoms with E-state index in [4.69, 9.17) is 4.74 Å². The molecule has 1 rings (SSSR count). The molecule has 0 aliphatic rings. The quantitative estimate of drug-likeness (QED) is 0.592. The van der Waals surface area contributed by atoms with Crippen molar-refractivity contribution in [3.8, 4) is 5.75 Å². The van der Waals surface area contributed by atoms with Gasteiger partial charge in [-0.25, -0.2) is 4.79 Å². The number of carbonyl (C=O) groups is 1. The third kappa shape index (κ3) is 6.11. The number of amides is 2. The van der Waals surface area contributed by atoms with Gasteiger partial charge in [0.05, 0.1) is 18.1 Å². The minimum absolute atomic E-state index is 0.118. The van der Waals surface area contributed by atoms with Crippen molar-refractivity contribution in [2.24, 2.45) is 5.41 Å². The Kier molecular flexibility index (Phi) is 6.32. The van der Waals surface area contributed by atoms with E-state index in [1.165, 1.54) is 19.2 Å². The molecule has 0 aliphatic carbocycles. The fourth-order valence-corrected chi connectivity index (χ4v) is 2.29. The smallest absolute Gasteiger partial charge is 0.319 e. The molecule has 0 bridgehead atoms. The number of nitro groups is 1. The van der Waals surface area contributed by atoms with Gasteiger partial charge >= 0.3 is 6.03 Å². The van der Waals surface area contributed by atoms with Gasteiger partial charge in [-0.2, -0.15) is 0 Å². The van der Waals surface area contributed by atoms with Crippen LogP contribution in [0.15, 0.2) is 18.2 Å². The number of carbonyl (C=O) groups excluding carboxylic acids is 1. The number of ether oxygens (including phenoxy) is 1. The lowest BCUT2D eigenvalue weighted by atomic mass is 9.93. The molecule has 8 heteroatoms. The van der Waals surface area contributed by atoms with Gasteiger partial charge in [0, 0.05) is 13.1 Å². The Morgan fingerprint density at radius 2 is 2.04 bits per heavy atom. The monoisotopic (exact) mass is 324 g/mol. The lowest BCUT2D eigenvalue weighted by Gasteiger charge is -2.28. The zero-order valence-corrected chi connectivity index (χ0v) is 14.2. The molecular formula is C15H24N4O4. The second-order valence-electron chi connectivity index (χ2n) is 6.35. The average molecular weight is 324 g/mol. The van der Waals surface area contributed by atoms with E-state index >= 15 is 0 Å². The number of benzene rings is 1. The molecule has 0 saturated carbocycles. The number of nitrogens with one attached hydrogen (secondary N) is 2. The standard InChI is InChI=1S/C15H24N4O4/c1-15(2,10-18(3)4)9-16-14(20)17-12-7-6-11(23-5)8-13(12)19(21)22/h6-8H,9-10H2,1-5H3,(H2,16,17,20). The number of nitro benzene ring substituents is 1. The number of nitrogens with zero attached hydrogens (tertiary/aromatic N) is 2. The Morgan fingerprint density at radius 3 is 2.57 bits per heavy atom. The molecular weight excluding hydrogens is 300 g/mol. The summed E-state index contributed by atoms with van der Waals surface area (Å²) in [5.41, 5.74) is -0.210. The Hall–Kier alpha value is -2.35. The molecule has 23 heavy (non-hydrogen) atoms. The van der Waals surface area contributed by atoms with Crippen molar-refractivity contribution in [3.05, 3.63) is 28.3 Å². The fourth-order valence-electron chi connectivity index (χ4n) is 2.29. The van der Waals surface area contributed by atoms with Crippen LogP contribution < -0.4 is 15.4 Å². The molecule has 0 spiro atoms. The summed E-state index contributed by atoms with van der Waals surface area (Å²) in [5, 5.41) is 16.3. The number of anilines is 1. The van der Waals surface area contributed by atoms with Crippen LogP contribution in [-0.2, 0) is 0 Å². The van der Waals surface area contributed by atoms with Crippen molar-refractivity contribution in [2.45, 2.75) is 13.8 Å². The van der Waals surface area contributed by atoms with Crippen LogP contribution in [0.2, 0.25) is 0 Å². The maximum atomic E-state index is 12.0. The van der Waals surface area contributed by atoms with Crippen LogP contribution in [0.4, 0.5) is 16.2 Å². The minimum atomic E-state index is -0.561. The predicted octanol–water partition coefficient (Wildman–Crippen LogP) is 2.31. The molecule has 0 heterocycles. The van der Waals surface area contributed by atoms with Gasteiger partial charge in [-0.05, 0) is 31.6 Å². The molecule has 0 unspecified atom stereocenters. The molecule has 0 atom stereocenters. The molecule has 0 saturated heterocycles. The molecule has 2 N–H and O–H groups in total. The summed E-state index contributed by atoms with van der Waals surface area (Å²) < 4.78 is 4.96. The molecule has 0 radical (unpaired) electrons. The Balaban J connectivity index is 2.73. The SMILES string of the molecule is COc1ccc(NC(=O)NCC(C)(C)CN(C)C)c([N+](=O)[O-])c1. The first-order valence-corrected chi connectivity index (χ1v) is 7.16. The minimum Gasteiger partial charge on any atom is -0.496 e. The molecule has 0 aromatic heterocycles. The highest BCUT2D eigenvalue weighted by Crippen LogP contribution is 2.28. The third-order valence-electron chi connectivity index (χ3n) is 3.12. The van der Waals surface area contributed by atoms with Gasteiger partial charge in [0.25, 0.3) is 5.69 Å². The van der Waals surface area contributed by atoms with Crippen LogP contribution in [0.25, 0.3) is 0 Å². The lowest BCUT2D eigenvalue weighted by molar-refractivity contribution is -0.384. The van der Waals surface area contributed by atoms with Crippen molar-refractivity contribution < 1.29 is 14.5 Å². The summed E-state index contributed by atoms with van der Waals surface area (Å²) in [6.45, 7) is 5.31. The van der Waals surface area contributed by atoms with Gasteiger partial charge in [0.2, 0.25) is 0 Å². The number of methoxy groups -OCH3 is 1. The molecule has 0 fully saturated rings. The molecule has 8 nitrogen and oxygen atoms in total. The predicted molar refractivity (Wildman–Crippen MR) is 89.0 cm³/mol. The van der Waals surface area contributed by atoms with Gasteiger partial charge in [-0.1, -0.05) is 13.8 Å². The highest BCUT2D eigenvalue weighted by atomic mass is 16.6. The molecule has 2 amide bonds.